The van der Waals surface area contributed by atoms with E-state index in [-0.39, 0.29) is 10.6 Å². The molecular formula is C13H11ClFN3OS. The summed E-state index contributed by atoms with van der Waals surface area (Å²) in [5.41, 5.74) is 0.960. The average molecular weight is 312 g/mol. The number of carbonyl (C=O) groups excluding carboxylic acids is 1. The lowest BCUT2D eigenvalue weighted by molar-refractivity contribution is 0.102. The summed E-state index contributed by atoms with van der Waals surface area (Å²) in [6, 6.07) is 3.96. The van der Waals surface area contributed by atoms with Gasteiger partial charge < -0.3 is 5.32 Å². The minimum absolute atomic E-state index is 0.0410. The van der Waals surface area contributed by atoms with E-state index in [0.717, 1.165) is 36.1 Å². The molecule has 0 unspecified atom stereocenters. The van der Waals surface area contributed by atoms with Gasteiger partial charge >= 0.3 is 0 Å². The molecule has 1 aliphatic rings. The van der Waals surface area contributed by atoms with E-state index in [0.29, 0.717) is 5.13 Å². The van der Waals surface area contributed by atoms with Gasteiger partial charge in [0, 0.05) is 29.4 Å². The van der Waals surface area contributed by atoms with E-state index in [1.807, 2.05) is 0 Å². The second-order valence-corrected chi connectivity index (χ2v) is 5.91. The number of hydrogen-bond acceptors (Lipinski definition) is 4. The Morgan fingerprint density at radius 3 is 3.10 bits per heavy atom. The third kappa shape index (κ3) is 2.67. The number of nitrogens with one attached hydrogen (secondary N) is 2. The molecule has 0 radical (unpaired) electrons. The number of aromatic nitrogens is 1. The summed E-state index contributed by atoms with van der Waals surface area (Å²) in [5, 5.41) is 6.63. The van der Waals surface area contributed by atoms with Gasteiger partial charge in [-0.05, 0) is 18.2 Å². The molecule has 3 rings (SSSR count). The first-order valence-corrected chi connectivity index (χ1v) is 7.28. The van der Waals surface area contributed by atoms with Crippen LogP contribution in [0.5, 0.6) is 0 Å². The van der Waals surface area contributed by atoms with E-state index in [2.05, 4.69) is 15.6 Å². The molecule has 0 atom stereocenters. The zero-order valence-electron chi connectivity index (χ0n) is 10.4. The van der Waals surface area contributed by atoms with Gasteiger partial charge in [0.15, 0.2) is 5.13 Å². The lowest BCUT2D eigenvalue weighted by atomic mass is 10.2. The number of benzene rings is 1. The van der Waals surface area contributed by atoms with Gasteiger partial charge in [0.25, 0.3) is 5.91 Å². The van der Waals surface area contributed by atoms with E-state index < -0.39 is 11.7 Å². The molecule has 2 N–H and O–H groups in total. The van der Waals surface area contributed by atoms with Gasteiger partial charge in [-0.15, -0.1) is 11.3 Å². The van der Waals surface area contributed by atoms with Crippen LogP contribution >= 0.6 is 22.9 Å². The quantitative estimate of drug-likeness (QED) is 0.896. The van der Waals surface area contributed by atoms with Crippen LogP contribution in [-0.4, -0.2) is 17.4 Å². The Balaban J connectivity index is 1.80. The summed E-state index contributed by atoms with van der Waals surface area (Å²) in [4.78, 5) is 17.5. The number of amides is 1. The molecule has 2 heterocycles. The van der Waals surface area contributed by atoms with Crippen LogP contribution in [0.15, 0.2) is 18.2 Å². The summed E-state index contributed by atoms with van der Waals surface area (Å²) in [6.07, 6.45) is 0.844. The fourth-order valence-corrected chi connectivity index (χ4v) is 3.15. The maximum Gasteiger partial charge on any atom is 0.260 e. The molecule has 2 aromatic rings. The smallest absolute Gasteiger partial charge is 0.260 e. The summed E-state index contributed by atoms with van der Waals surface area (Å²) in [5.74, 6) is -1.16. The number of nitrogens with zero attached hydrogens (tertiary/aromatic N) is 1. The molecule has 0 saturated carbocycles. The van der Waals surface area contributed by atoms with Crippen LogP contribution in [0.25, 0.3) is 0 Å². The van der Waals surface area contributed by atoms with E-state index >= 15 is 0 Å². The second-order valence-electron chi connectivity index (χ2n) is 4.39. The van der Waals surface area contributed by atoms with Gasteiger partial charge in [0.1, 0.15) is 5.82 Å². The number of thiazole rings is 1. The van der Waals surface area contributed by atoms with Gasteiger partial charge in [-0.2, -0.15) is 0 Å². The van der Waals surface area contributed by atoms with E-state index in [9.17, 15) is 9.18 Å². The van der Waals surface area contributed by atoms with Crippen molar-refractivity contribution >= 4 is 34.0 Å². The molecule has 1 amide bonds. The Bertz CT molecular complexity index is 650. The van der Waals surface area contributed by atoms with Crippen molar-refractivity contribution in [1.29, 1.82) is 0 Å². The normalized spacial score (nSPS) is 13.9. The van der Waals surface area contributed by atoms with Crippen molar-refractivity contribution in [3.8, 4) is 0 Å². The third-order valence-electron chi connectivity index (χ3n) is 3.00. The average Bonchev–Trinajstić information content (AvgIpc) is 2.80. The molecule has 0 bridgehead atoms. The van der Waals surface area contributed by atoms with Crippen molar-refractivity contribution in [2.75, 3.05) is 11.9 Å². The molecule has 1 aromatic carbocycles. The monoisotopic (exact) mass is 311 g/mol. The number of carbonyl (C=O) groups is 1. The van der Waals surface area contributed by atoms with E-state index in [1.165, 1.54) is 23.5 Å². The zero-order chi connectivity index (χ0) is 14.1. The van der Waals surface area contributed by atoms with Crippen LogP contribution in [0.3, 0.4) is 0 Å². The largest absolute Gasteiger partial charge is 0.311 e. The van der Waals surface area contributed by atoms with Crippen molar-refractivity contribution in [2.45, 2.75) is 13.0 Å². The van der Waals surface area contributed by atoms with Crippen molar-refractivity contribution in [1.82, 2.24) is 10.3 Å². The van der Waals surface area contributed by atoms with Crippen LogP contribution in [0, 0.1) is 5.82 Å². The van der Waals surface area contributed by atoms with Crippen LogP contribution in [0.1, 0.15) is 20.9 Å². The molecule has 0 spiro atoms. The molecule has 7 heteroatoms. The highest BCUT2D eigenvalue weighted by atomic mass is 35.5. The van der Waals surface area contributed by atoms with Crippen LogP contribution in [-0.2, 0) is 13.0 Å². The highest BCUT2D eigenvalue weighted by Gasteiger charge is 2.18. The highest BCUT2D eigenvalue weighted by molar-refractivity contribution is 7.15. The first kappa shape index (κ1) is 13.5. The summed E-state index contributed by atoms with van der Waals surface area (Å²) < 4.78 is 13.7. The number of halogens is 2. The first-order chi connectivity index (χ1) is 9.63. The summed E-state index contributed by atoms with van der Waals surface area (Å²) >= 11 is 7.07. The molecule has 0 aliphatic carbocycles. The molecule has 1 aliphatic heterocycles. The summed E-state index contributed by atoms with van der Waals surface area (Å²) in [6.45, 7) is 1.65. The maximum absolute atomic E-state index is 13.7. The van der Waals surface area contributed by atoms with Crippen molar-refractivity contribution in [2.24, 2.45) is 0 Å². The van der Waals surface area contributed by atoms with Crippen LogP contribution in [0.4, 0.5) is 9.52 Å². The van der Waals surface area contributed by atoms with Crippen molar-refractivity contribution in [3.63, 3.8) is 0 Å². The molecule has 20 heavy (non-hydrogen) atoms. The molecule has 0 fully saturated rings. The Morgan fingerprint density at radius 2 is 2.35 bits per heavy atom. The molecule has 1 aromatic heterocycles. The van der Waals surface area contributed by atoms with Gasteiger partial charge in [-0.3, -0.25) is 10.1 Å². The fourth-order valence-electron chi connectivity index (χ4n) is 2.02. The van der Waals surface area contributed by atoms with Crippen molar-refractivity contribution in [3.05, 3.63) is 45.2 Å². The predicted molar refractivity (Wildman–Crippen MR) is 76.9 cm³/mol. The third-order valence-corrected chi connectivity index (χ3v) is 4.25. The maximum atomic E-state index is 13.7. The molecule has 4 nitrogen and oxygen atoms in total. The number of anilines is 1. The minimum Gasteiger partial charge on any atom is -0.311 e. The predicted octanol–water partition coefficient (Wildman–Crippen LogP) is 2.83. The van der Waals surface area contributed by atoms with Crippen molar-refractivity contribution < 1.29 is 9.18 Å². The van der Waals surface area contributed by atoms with Gasteiger partial charge in [-0.25, -0.2) is 9.37 Å². The molecule has 104 valence electrons. The standard InChI is InChI=1S/C13H11ClFN3OS/c14-7-1-2-8(9(15)5-7)12(19)18-13-17-10-3-4-16-6-11(10)20-13/h1-2,5,16H,3-4,6H2,(H,17,18,19). The summed E-state index contributed by atoms with van der Waals surface area (Å²) in [7, 11) is 0. The Morgan fingerprint density at radius 1 is 1.50 bits per heavy atom. The number of hydrogen-bond donors (Lipinski definition) is 2. The minimum atomic E-state index is -0.641. The SMILES string of the molecule is O=C(Nc1nc2c(s1)CNCC2)c1ccc(Cl)cc1F. The van der Waals surface area contributed by atoms with Gasteiger partial charge in [0.2, 0.25) is 0 Å². The second kappa shape index (κ2) is 5.47. The van der Waals surface area contributed by atoms with E-state index in [4.69, 9.17) is 11.6 Å². The molecule has 0 saturated heterocycles. The van der Waals surface area contributed by atoms with Gasteiger partial charge in [-0.1, -0.05) is 11.6 Å². The molecular weight excluding hydrogens is 301 g/mol. The topological polar surface area (TPSA) is 54.0 Å². The lowest BCUT2D eigenvalue weighted by Crippen LogP contribution is -2.22. The Labute approximate surface area is 124 Å². The van der Waals surface area contributed by atoms with E-state index in [1.54, 1.807) is 0 Å². The number of fused-ring (bicyclic) bond motifs is 1. The highest BCUT2D eigenvalue weighted by Crippen LogP contribution is 2.26. The lowest BCUT2D eigenvalue weighted by Gasteiger charge is -2.09. The Kier molecular flexibility index (Phi) is 3.69. The number of rotatable bonds is 2. The van der Waals surface area contributed by atoms with Crippen LogP contribution in [0.2, 0.25) is 5.02 Å². The first-order valence-electron chi connectivity index (χ1n) is 6.09. The zero-order valence-corrected chi connectivity index (χ0v) is 11.9. The van der Waals surface area contributed by atoms with Crippen LogP contribution < -0.4 is 10.6 Å². The Hall–Kier alpha value is -1.50. The fraction of sp³-hybridized carbons (Fsp3) is 0.231. The van der Waals surface area contributed by atoms with Gasteiger partial charge in [0.05, 0.1) is 11.3 Å².